The first-order valence-corrected chi connectivity index (χ1v) is 10.2. The van der Waals surface area contributed by atoms with Crippen molar-refractivity contribution < 1.29 is 13.9 Å². The molecule has 0 saturated carbocycles. The molecule has 29 heavy (non-hydrogen) atoms. The Labute approximate surface area is 171 Å². The van der Waals surface area contributed by atoms with Crippen molar-refractivity contribution in [2.75, 3.05) is 19.5 Å². The van der Waals surface area contributed by atoms with E-state index in [9.17, 15) is 14.0 Å². The topological polar surface area (TPSA) is 81.9 Å². The van der Waals surface area contributed by atoms with E-state index in [1.165, 1.54) is 28.5 Å². The molecule has 0 saturated heterocycles. The largest absolute Gasteiger partial charge is 0.385 e. The molecule has 0 unspecified atom stereocenters. The molecule has 1 aromatic carbocycles. The van der Waals surface area contributed by atoms with Gasteiger partial charge in [-0.05, 0) is 44.5 Å². The summed E-state index contributed by atoms with van der Waals surface area (Å²) in [6.45, 7) is 4.72. The van der Waals surface area contributed by atoms with E-state index in [2.05, 4.69) is 10.2 Å². The van der Waals surface area contributed by atoms with Crippen molar-refractivity contribution in [2.45, 2.75) is 32.0 Å². The summed E-state index contributed by atoms with van der Waals surface area (Å²) in [4.78, 5) is 24.7. The molecule has 0 spiro atoms. The van der Waals surface area contributed by atoms with Gasteiger partial charge in [0.25, 0.3) is 0 Å². The molecule has 0 bridgehead atoms. The lowest BCUT2D eigenvalue weighted by Crippen LogP contribution is -2.18. The van der Waals surface area contributed by atoms with Crippen LogP contribution in [0.25, 0.3) is 5.69 Å². The van der Waals surface area contributed by atoms with Crippen molar-refractivity contribution in [1.82, 2.24) is 19.3 Å². The smallest absolute Gasteiger partial charge is 0.343 e. The number of thioether (sulfide) groups is 1. The number of Topliss-reactive ketones (excluding diaryl/α,β-unsaturated/α-hetero) is 1. The van der Waals surface area contributed by atoms with Crippen LogP contribution in [-0.4, -0.2) is 44.6 Å². The summed E-state index contributed by atoms with van der Waals surface area (Å²) in [5.74, 6) is -0.268. The number of rotatable bonds is 9. The van der Waals surface area contributed by atoms with Crippen LogP contribution in [0.15, 0.2) is 40.3 Å². The van der Waals surface area contributed by atoms with Gasteiger partial charge in [-0.15, -0.1) is 5.10 Å². The van der Waals surface area contributed by atoms with Crippen LogP contribution in [0, 0.1) is 19.7 Å². The molecule has 0 aliphatic rings. The molecule has 0 radical (unpaired) electrons. The van der Waals surface area contributed by atoms with Gasteiger partial charge in [0.15, 0.2) is 10.9 Å². The lowest BCUT2D eigenvalue weighted by Gasteiger charge is -2.10. The van der Waals surface area contributed by atoms with Gasteiger partial charge < -0.3 is 9.30 Å². The van der Waals surface area contributed by atoms with Gasteiger partial charge in [0.2, 0.25) is 0 Å². The number of nitrogens with one attached hydrogen (secondary N) is 1. The average molecular weight is 418 g/mol. The molecule has 0 amide bonds. The molecule has 0 aliphatic carbocycles. The molecule has 2 aromatic heterocycles. The van der Waals surface area contributed by atoms with Crippen LogP contribution in [-0.2, 0) is 11.3 Å². The minimum atomic E-state index is -0.330. The maximum atomic E-state index is 13.6. The lowest BCUT2D eigenvalue weighted by atomic mass is 10.2. The van der Waals surface area contributed by atoms with Crippen molar-refractivity contribution >= 4 is 17.5 Å². The number of H-pyrrole nitrogens is 1. The Balaban J connectivity index is 1.76. The number of benzene rings is 1. The third-order valence-electron chi connectivity index (χ3n) is 4.58. The van der Waals surface area contributed by atoms with E-state index in [4.69, 9.17) is 4.74 Å². The number of nitrogens with zero attached hydrogens (tertiary/aromatic N) is 3. The second kappa shape index (κ2) is 9.23. The van der Waals surface area contributed by atoms with E-state index in [0.717, 1.165) is 11.4 Å². The standard InChI is InChI=1S/C20H23FN4O3S/c1-13-10-17(14(2)25(13)16-7-4-6-15(21)11-16)18(26)12-29-20-23-22-19(27)24(20)8-5-9-28-3/h4,6-7,10-11H,5,8-9,12H2,1-3H3,(H,22,27). The molecular formula is C20H23FN4O3S. The quantitative estimate of drug-likeness (QED) is 0.328. The van der Waals surface area contributed by atoms with E-state index < -0.39 is 0 Å². The van der Waals surface area contributed by atoms with Crippen molar-refractivity contribution in [3.8, 4) is 5.69 Å². The third-order valence-corrected chi connectivity index (χ3v) is 5.56. The molecule has 1 N–H and O–H groups in total. The van der Waals surface area contributed by atoms with Crippen molar-refractivity contribution in [3.63, 3.8) is 0 Å². The van der Waals surface area contributed by atoms with Crippen LogP contribution in [0.2, 0.25) is 0 Å². The first-order chi connectivity index (χ1) is 13.9. The number of hydrogen-bond donors (Lipinski definition) is 1. The van der Waals surface area contributed by atoms with E-state index >= 15 is 0 Å². The molecule has 0 fully saturated rings. The van der Waals surface area contributed by atoms with Crippen LogP contribution < -0.4 is 5.69 Å². The fourth-order valence-corrected chi connectivity index (χ4v) is 4.10. The van der Waals surface area contributed by atoms with Crippen LogP contribution in [0.1, 0.15) is 28.2 Å². The lowest BCUT2D eigenvalue weighted by molar-refractivity contribution is 0.102. The van der Waals surface area contributed by atoms with E-state index in [0.29, 0.717) is 36.0 Å². The van der Waals surface area contributed by atoms with Crippen LogP contribution in [0.3, 0.4) is 0 Å². The summed E-state index contributed by atoms with van der Waals surface area (Å²) >= 11 is 1.21. The molecule has 2 heterocycles. The minimum absolute atomic E-state index is 0.0790. The number of aromatic amines is 1. The highest BCUT2D eigenvalue weighted by Gasteiger charge is 2.18. The SMILES string of the molecule is COCCCn1c(SCC(=O)c2cc(C)n(-c3cccc(F)c3)c2C)n[nH]c1=O. The molecule has 7 nitrogen and oxygen atoms in total. The molecule has 9 heteroatoms. The van der Waals surface area contributed by atoms with Gasteiger partial charge in [0.1, 0.15) is 5.82 Å². The van der Waals surface area contributed by atoms with Crippen molar-refractivity contribution in [2.24, 2.45) is 0 Å². The van der Waals surface area contributed by atoms with Gasteiger partial charge in [-0.3, -0.25) is 9.36 Å². The zero-order chi connectivity index (χ0) is 21.0. The summed E-state index contributed by atoms with van der Waals surface area (Å²) < 4.78 is 22.0. The fourth-order valence-electron chi connectivity index (χ4n) is 3.24. The summed E-state index contributed by atoms with van der Waals surface area (Å²) in [7, 11) is 1.60. The summed E-state index contributed by atoms with van der Waals surface area (Å²) in [6.07, 6.45) is 0.673. The molecule has 0 aliphatic heterocycles. The Bertz CT molecular complexity index is 1070. The van der Waals surface area contributed by atoms with Crippen LogP contribution >= 0.6 is 11.8 Å². The van der Waals surface area contributed by atoms with Gasteiger partial charge in [0, 0.05) is 42.9 Å². The predicted octanol–water partition coefficient (Wildman–Crippen LogP) is 3.13. The number of aromatic nitrogens is 4. The van der Waals surface area contributed by atoms with Gasteiger partial charge in [-0.25, -0.2) is 14.3 Å². The Kier molecular flexibility index (Phi) is 6.71. The molecule has 0 atom stereocenters. The average Bonchev–Trinajstić information content (AvgIpc) is 3.19. The Morgan fingerprint density at radius 1 is 1.31 bits per heavy atom. The highest BCUT2D eigenvalue weighted by atomic mass is 32.2. The Hall–Kier alpha value is -2.65. The summed E-state index contributed by atoms with van der Waals surface area (Å²) in [5.41, 5.74) is 2.53. The van der Waals surface area contributed by atoms with E-state index in [-0.39, 0.29) is 23.0 Å². The van der Waals surface area contributed by atoms with Gasteiger partial charge in [-0.2, -0.15) is 0 Å². The minimum Gasteiger partial charge on any atom is -0.385 e. The second-order valence-corrected chi connectivity index (χ2v) is 7.56. The number of halogens is 1. The number of carbonyl (C=O) groups excluding carboxylic acids is 1. The maximum Gasteiger partial charge on any atom is 0.343 e. The van der Waals surface area contributed by atoms with Gasteiger partial charge in [-0.1, -0.05) is 17.8 Å². The molecular weight excluding hydrogens is 395 g/mol. The Morgan fingerprint density at radius 3 is 2.83 bits per heavy atom. The van der Waals surface area contributed by atoms with Crippen molar-refractivity contribution in [3.05, 3.63) is 63.6 Å². The number of ether oxygens (including phenoxy) is 1. The molecule has 3 aromatic rings. The van der Waals surface area contributed by atoms with Gasteiger partial charge in [0.05, 0.1) is 5.75 Å². The predicted molar refractivity (Wildman–Crippen MR) is 110 cm³/mol. The third kappa shape index (κ3) is 4.68. The number of methoxy groups -OCH3 is 1. The second-order valence-electron chi connectivity index (χ2n) is 6.62. The van der Waals surface area contributed by atoms with E-state index in [1.54, 1.807) is 25.3 Å². The van der Waals surface area contributed by atoms with Crippen LogP contribution in [0.4, 0.5) is 4.39 Å². The monoisotopic (exact) mass is 418 g/mol. The number of carbonyl (C=O) groups is 1. The van der Waals surface area contributed by atoms with Crippen LogP contribution in [0.5, 0.6) is 0 Å². The molecule has 3 rings (SSSR count). The zero-order valence-corrected chi connectivity index (χ0v) is 17.4. The summed E-state index contributed by atoms with van der Waals surface area (Å²) in [5, 5.41) is 6.91. The van der Waals surface area contributed by atoms with Crippen molar-refractivity contribution in [1.29, 1.82) is 0 Å². The highest BCUT2D eigenvalue weighted by molar-refractivity contribution is 7.99. The summed E-state index contributed by atoms with van der Waals surface area (Å²) in [6, 6.07) is 8.07. The van der Waals surface area contributed by atoms with Gasteiger partial charge >= 0.3 is 5.69 Å². The first kappa shape index (κ1) is 21.1. The zero-order valence-electron chi connectivity index (χ0n) is 16.6. The maximum absolute atomic E-state index is 13.6. The number of aryl methyl sites for hydroxylation is 1. The first-order valence-electron chi connectivity index (χ1n) is 9.17. The number of hydrogen-bond acceptors (Lipinski definition) is 5. The highest BCUT2D eigenvalue weighted by Crippen LogP contribution is 2.24. The molecule has 154 valence electrons. The fraction of sp³-hybridized carbons (Fsp3) is 0.350. The number of ketones is 1. The normalized spacial score (nSPS) is 11.2. The Morgan fingerprint density at radius 2 is 2.10 bits per heavy atom. The van der Waals surface area contributed by atoms with E-state index in [1.807, 2.05) is 18.4 Å².